The van der Waals surface area contributed by atoms with Crippen LogP contribution in [-0.2, 0) is 15.3 Å². The van der Waals surface area contributed by atoms with Gasteiger partial charge in [-0.15, -0.1) is 0 Å². The van der Waals surface area contributed by atoms with Crippen LogP contribution in [-0.4, -0.2) is 38.2 Å². The van der Waals surface area contributed by atoms with Gasteiger partial charge in [-0.2, -0.15) is 0 Å². The Morgan fingerprint density at radius 1 is 0.935 bits per heavy atom. The monoisotopic (exact) mass is 429 g/mol. The Morgan fingerprint density at radius 3 is 1.94 bits per heavy atom. The van der Waals surface area contributed by atoms with Gasteiger partial charge in [0, 0.05) is 0 Å². The number of benzene rings is 2. The molecule has 1 aliphatic heterocycles. The topological polar surface area (TPSA) is 128 Å². The van der Waals surface area contributed by atoms with Crippen LogP contribution in [0.2, 0.25) is 0 Å². The van der Waals surface area contributed by atoms with Crippen LogP contribution in [0.5, 0.6) is 0 Å². The number of rotatable bonds is 6. The van der Waals surface area contributed by atoms with Crippen molar-refractivity contribution in [1.82, 2.24) is 5.23 Å². The molecule has 31 heavy (non-hydrogen) atoms. The third-order valence-corrected chi connectivity index (χ3v) is 5.98. The predicted molar refractivity (Wildman–Crippen MR) is 107 cm³/mol. The zero-order valence-electron chi connectivity index (χ0n) is 16.7. The van der Waals surface area contributed by atoms with Gasteiger partial charge in [0.15, 0.2) is 12.0 Å². The van der Waals surface area contributed by atoms with Crippen molar-refractivity contribution < 1.29 is 24.6 Å². The van der Waals surface area contributed by atoms with E-state index in [1.54, 1.807) is 60.7 Å². The molecular weight excluding hydrogens is 406 g/mol. The van der Waals surface area contributed by atoms with Gasteiger partial charge in [0.2, 0.25) is 0 Å². The van der Waals surface area contributed by atoms with Crippen LogP contribution in [0.15, 0.2) is 60.7 Å². The van der Waals surface area contributed by atoms with Gasteiger partial charge in [0.1, 0.15) is 16.0 Å². The molecule has 4 rings (SSSR count). The fourth-order valence-electron chi connectivity index (χ4n) is 4.29. The molecule has 2 atom stereocenters. The third-order valence-electron chi connectivity index (χ3n) is 5.98. The first-order chi connectivity index (χ1) is 14.9. The zero-order chi connectivity index (χ0) is 22.1. The largest absolute Gasteiger partial charge is 0.569 e. The van der Waals surface area contributed by atoms with Gasteiger partial charge in [-0.1, -0.05) is 73.5 Å². The molecule has 10 heteroatoms. The Bertz CT molecular complexity index is 887. The van der Waals surface area contributed by atoms with E-state index in [9.17, 15) is 25.3 Å². The Hall–Kier alpha value is -2.92. The molecule has 2 aromatic carbocycles. The Morgan fingerprint density at radius 2 is 1.45 bits per heavy atom. The van der Waals surface area contributed by atoms with Crippen LogP contribution in [0.1, 0.15) is 43.2 Å². The number of nitro groups is 2. The molecule has 2 fully saturated rings. The second kappa shape index (κ2) is 8.31. The van der Waals surface area contributed by atoms with E-state index >= 15 is 0 Å². The highest BCUT2D eigenvalue weighted by molar-refractivity contribution is 5.37. The smallest absolute Gasteiger partial charge is 0.390 e. The van der Waals surface area contributed by atoms with Crippen molar-refractivity contribution in [2.45, 2.75) is 55.7 Å². The van der Waals surface area contributed by atoms with Crippen LogP contribution >= 0.6 is 0 Å². The van der Waals surface area contributed by atoms with Gasteiger partial charge in [-0.25, -0.2) is 4.84 Å². The maximum atomic E-state index is 12.1. The minimum absolute atomic E-state index is 0.409. The highest BCUT2D eigenvalue weighted by Gasteiger charge is 2.76. The molecule has 1 N–H and O–H groups in total. The molecule has 1 heterocycles. The van der Waals surface area contributed by atoms with Crippen molar-refractivity contribution in [2.24, 2.45) is 0 Å². The quantitative estimate of drug-likeness (QED) is 0.422. The third kappa shape index (κ3) is 3.57. The second-order valence-electron chi connectivity index (χ2n) is 7.87. The lowest BCUT2D eigenvalue weighted by Crippen LogP contribution is -2.57. The summed E-state index contributed by atoms with van der Waals surface area (Å²) in [5.74, 6) is -2.89. The van der Waals surface area contributed by atoms with Crippen molar-refractivity contribution in [1.29, 1.82) is 0 Å². The molecule has 1 aliphatic carbocycles. The maximum Gasteiger partial charge on any atom is 0.569 e. The Kier molecular flexibility index (Phi) is 5.71. The molecule has 1 saturated carbocycles. The molecular formula is C21H23N3O7. The van der Waals surface area contributed by atoms with Gasteiger partial charge in [-0.05, 0) is 24.0 Å². The number of nitrogens with zero attached hydrogens (tertiary/aromatic N) is 3. The number of aliphatic hydroxyl groups is 1. The summed E-state index contributed by atoms with van der Waals surface area (Å²) in [6.45, 7) is 0. The second-order valence-corrected chi connectivity index (χ2v) is 7.87. The van der Waals surface area contributed by atoms with Crippen molar-refractivity contribution in [3.8, 4) is 0 Å². The first-order valence-corrected chi connectivity index (χ1v) is 10.1. The number of hydrogen-bond donors (Lipinski definition) is 1. The molecule has 2 aromatic rings. The maximum absolute atomic E-state index is 12.1. The summed E-state index contributed by atoms with van der Waals surface area (Å²) >= 11 is 0. The first kappa shape index (κ1) is 21.3. The molecule has 2 aliphatic rings. The van der Waals surface area contributed by atoms with Crippen molar-refractivity contribution in [2.75, 3.05) is 0 Å². The fraction of sp³-hybridized carbons (Fsp3) is 0.429. The average Bonchev–Trinajstić information content (AvgIpc) is 3.14. The van der Waals surface area contributed by atoms with Gasteiger partial charge >= 0.3 is 5.79 Å². The van der Waals surface area contributed by atoms with E-state index in [0.29, 0.717) is 29.2 Å². The molecule has 0 amide bonds. The summed E-state index contributed by atoms with van der Waals surface area (Å²) in [5.41, 5.74) is -0.489. The molecule has 0 aromatic heterocycles. The normalized spacial score (nSPS) is 25.2. The summed E-state index contributed by atoms with van der Waals surface area (Å²) < 4.78 is 0. The number of aliphatic hydroxyl groups excluding tert-OH is 1. The SMILES string of the molecule is O=[N+]([O-])C1([N+](=O)[O-])CC(c2ccccc2)(c2ccccc2)ON1O[C@H]1CCCC[C@@H]1O. The lowest BCUT2D eigenvalue weighted by molar-refractivity contribution is -0.852. The van der Waals surface area contributed by atoms with E-state index in [1.807, 2.05) is 0 Å². The predicted octanol–water partition coefficient (Wildman–Crippen LogP) is 3.01. The van der Waals surface area contributed by atoms with Gasteiger partial charge in [-0.3, -0.25) is 25.1 Å². The highest BCUT2D eigenvalue weighted by atomic mass is 17.0. The van der Waals surface area contributed by atoms with E-state index in [2.05, 4.69) is 0 Å². The molecule has 0 spiro atoms. The molecule has 0 bridgehead atoms. The van der Waals surface area contributed by atoms with Crippen LogP contribution in [0.4, 0.5) is 0 Å². The summed E-state index contributed by atoms with van der Waals surface area (Å²) in [7, 11) is 0. The number of hydroxylamine groups is 2. The lowest BCUT2D eigenvalue weighted by atomic mass is 9.82. The van der Waals surface area contributed by atoms with E-state index in [0.717, 1.165) is 12.8 Å². The standard InChI is InChI=1S/C21H23N3O7/c25-18-13-7-8-14-19(18)30-24-21(22(26)27,23(28)29)15-20(31-24,16-9-3-1-4-10-16)17-11-5-2-6-12-17/h1-6,9-12,18-19,25H,7-8,13-15H2/t18-,19-/m0/s1. The summed E-state index contributed by atoms with van der Waals surface area (Å²) in [4.78, 5) is 34.0. The van der Waals surface area contributed by atoms with Crippen LogP contribution in [0, 0.1) is 20.2 Å². The van der Waals surface area contributed by atoms with Crippen LogP contribution in [0.3, 0.4) is 0 Å². The molecule has 0 radical (unpaired) electrons. The highest BCUT2D eigenvalue weighted by Crippen LogP contribution is 2.50. The van der Waals surface area contributed by atoms with E-state index < -0.39 is 39.9 Å². The molecule has 10 nitrogen and oxygen atoms in total. The fourth-order valence-corrected chi connectivity index (χ4v) is 4.29. The number of hydrogen-bond acceptors (Lipinski definition) is 8. The van der Waals surface area contributed by atoms with E-state index in [1.165, 1.54) is 0 Å². The van der Waals surface area contributed by atoms with Gasteiger partial charge < -0.3 is 5.11 Å². The van der Waals surface area contributed by atoms with Crippen LogP contribution < -0.4 is 0 Å². The van der Waals surface area contributed by atoms with Gasteiger partial charge in [0.05, 0.1) is 11.3 Å². The summed E-state index contributed by atoms with van der Waals surface area (Å²) in [6, 6.07) is 17.3. The molecule has 1 saturated heterocycles. The van der Waals surface area contributed by atoms with Crippen LogP contribution in [0.25, 0.3) is 0 Å². The minimum Gasteiger partial charge on any atom is -0.390 e. The first-order valence-electron chi connectivity index (χ1n) is 10.1. The summed E-state index contributed by atoms with van der Waals surface area (Å²) in [5, 5.41) is 35.0. The minimum atomic E-state index is -2.89. The van der Waals surface area contributed by atoms with Crippen molar-refractivity contribution in [3.63, 3.8) is 0 Å². The van der Waals surface area contributed by atoms with E-state index in [4.69, 9.17) is 9.68 Å². The zero-order valence-corrected chi connectivity index (χ0v) is 16.7. The average molecular weight is 429 g/mol. The van der Waals surface area contributed by atoms with Crippen molar-refractivity contribution in [3.05, 3.63) is 92.0 Å². The Labute approximate surface area is 178 Å². The molecule has 0 unspecified atom stereocenters. The van der Waals surface area contributed by atoms with Gasteiger partial charge in [0.25, 0.3) is 0 Å². The lowest BCUT2D eigenvalue weighted by Gasteiger charge is -2.31. The van der Waals surface area contributed by atoms with Crippen molar-refractivity contribution >= 4 is 0 Å². The molecule has 164 valence electrons. The Balaban J connectivity index is 1.84. The summed E-state index contributed by atoms with van der Waals surface area (Å²) in [6.07, 6.45) is 0.0440. The van der Waals surface area contributed by atoms with E-state index in [-0.39, 0.29) is 0 Å².